The summed E-state index contributed by atoms with van der Waals surface area (Å²) in [5, 5.41) is 3.46. The second-order valence-electron chi connectivity index (χ2n) is 6.28. The summed E-state index contributed by atoms with van der Waals surface area (Å²) in [5.41, 5.74) is 3.25. The molecule has 27 heavy (non-hydrogen) atoms. The Morgan fingerprint density at radius 3 is 2.37 bits per heavy atom. The number of hydrogen-bond acceptors (Lipinski definition) is 3. The predicted octanol–water partition coefficient (Wildman–Crippen LogP) is 4.75. The normalized spacial score (nSPS) is 10.6. The topological polar surface area (TPSA) is 30.5 Å². The average molecular weight is 365 g/mol. The Morgan fingerprint density at radius 1 is 0.852 bits per heavy atom. The van der Waals surface area contributed by atoms with Gasteiger partial charge in [0.15, 0.2) is 11.5 Å². The van der Waals surface area contributed by atoms with Gasteiger partial charge in [-0.05, 0) is 42.3 Å². The van der Waals surface area contributed by atoms with E-state index in [-0.39, 0.29) is 5.82 Å². The van der Waals surface area contributed by atoms with Gasteiger partial charge in [0.05, 0.1) is 7.11 Å². The van der Waals surface area contributed by atoms with Crippen LogP contribution >= 0.6 is 0 Å². The van der Waals surface area contributed by atoms with E-state index in [1.165, 1.54) is 17.7 Å². The lowest BCUT2D eigenvalue weighted by atomic mass is 10.1. The van der Waals surface area contributed by atoms with E-state index < -0.39 is 0 Å². The summed E-state index contributed by atoms with van der Waals surface area (Å²) in [5.74, 6) is 1.16. The van der Waals surface area contributed by atoms with Gasteiger partial charge in [-0.1, -0.05) is 54.6 Å². The summed E-state index contributed by atoms with van der Waals surface area (Å²) in [6.07, 6.45) is 0.969. The molecule has 0 aliphatic rings. The maximum absolute atomic E-state index is 13.1. The molecule has 0 spiro atoms. The Morgan fingerprint density at radius 2 is 1.63 bits per heavy atom. The molecule has 4 heteroatoms. The third-order valence-electron chi connectivity index (χ3n) is 4.33. The van der Waals surface area contributed by atoms with E-state index in [9.17, 15) is 4.39 Å². The van der Waals surface area contributed by atoms with Gasteiger partial charge in [0.25, 0.3) is 0 Å². The predicted molar refractivity (Wildman–Crippen MR) is 106 cm³/mol. The second kappa shape index (κ2) is 9.74. The summed E-state index contributed by atoms with van der Waals surface area (Å²) in [6, 6.07) is 22.6. The molecule has 1 N–H and O–H groups in total. The molecule has 0 amide bonds. The van der Waals surface area contributed by atoms with Crippen LogP contribution in [0.4, 0.5) is 4.39 Å². The van der Waals surface area contributed by atoms with Crippen molar-refractivity contribution in [3.8, 4) is 11.5 Å². The van der Waals surface area contributed by atoms with Crippen molar-refractivity contribution in [1.82, 2.24) is 5.32 Å². The third-order valence-corrected chi connectivity index (χ3v) is 4.33. The maximum Gasteiger partial charge on any atom is 0.166 e. The van der Waals surface area contributed by atoms with Gasteiger partial charge >= 0.3 is 0 Å². The molecule has 0 aliphatic carbocycles. The quantitative estimate of drug-likeness (QED) is 0.555. The summed E-state index contributed by atoms with van der Waals surface area (Å²) in [6.45, 7) is 1.92. The Bertz CT molecular complexity index is 835. The number of methoxy groups -OCH3 is 1. The highest BCUT2D eigenvalue weighted by molar-refractivity contribution is 5.46. The number of ether oxygens (including phenoxy) is 2. The van der Waals surface area contributed by atoms with E-state index >= 15 is 0 Å². The van der Waals surface area contributed by atoms with E-state index in [0.29, 0.717) is 18.9 Å². The van der Waals surface area contributed by atoms with Crippen LogP contribution in [0.5, 0.6) is 11.5 Å². The summed E-state index contributed by atoms with van der Waals surface area (Å²) < 4.78 is 24.5. The first-order chi connectivity index (χ1) is 13.3. The molecule has 0 aromatic heterocycles. The number of halogens is 1. The minimum atomic E-state index is -0.251. The van der Waals surface area contributed by atoms with Crippen LogP contribution in [-0.4, -0.2) is 13.7 Å². The van der Waals surface area contributed by atoms with Gasteiger partial charge in [0.2, 0.25) is 0 Å². The molecule has 0 saturated carbocycles. The van der Waals surface area contributed by atoms with Crippen molar-refractivity contribution in [3.05, 3.63) is 95.3 Å². The van der Waals surface area contributed by atoms with Crippen LogP contribution in [-0.2, 0) is 19.6 Å². The lowest BCUT2D eigenvalue weighted by molar-refractivity contribution is 0.280. The molecule has 0 aliphatic heterocycles. The minimum absolute atomic E-state index is 0.251. The van der Waals surface area contributed by atoms with Crippen LogP contribution < -0.4 is 14.8 Å². The van der Waals surface area contributed by atoms with E-state index in [1.807, 2.05) is 24.3 Å². The van der Waals surface area contributed by atoms with E-state index in [4.69, 9.17) is 9.47 Å². The summed E-state index contributed by atoms with van der Waals surface area (Å²) in [4.78, 5) is 0. The van der Waals surface area contributed by atoms with Crippen molar-refractivity contribution in [3.63, 3.8) is 0 Å². The molecule has 0 bridgehead atoms. The highest BCUT2D eigenvalue weighted by atomic mass is 19.1. The number of nitrogens with one attached hydrogen (secondary N) is 1. The van der Waals surface area contributed by atoms with Crippen molar-refractivity contribution in [2.24, 2.45) is 0 Å². The number of benzene rings is 3. The summed E-state index contributed by atoms with van der Waals surface area (Å²) >= 11 is 0. The molecule has 0 saturated heterocycles. The Kier molecular flexibility index (Phi) is 6.83. The molecule has 3 rings (SSSR count). The number of hydrogen-bond donors (Lipinski definition) is 1. The SMILES string of the molecule is COc1cccc(CNCCc2ccccc2)c1OCc1ccc(F)cc1. The molecule has 3 nitrogen and oxygen atoms in total. The standard InChI is InChI=1S/C23H24FNO2/c1-26-22-9-5-8-20(16-25-15-14-18-6-3-2-4-7-18)23(22)27-17-19-10-12-21(24)13-11-19/h2-13,25H,14-17H2,1H3. The molecule has 3 aromatic carbocycles. The molecule has 140 valence electrons. The van der Waals surface area contributed by atoms with Gasteiger partial charge in [-0.3, -0.25) is 0 Å². The third kappa shape index (κ3) is 5.56. The van der Waals surface area contributed by atoms with Crippen LogP contribution in [0, 0.1) is 5.82 Å². The van der Waals surface area contributed by atoms with Crippen molar-refractivity contribution in [2.45, 2.75) is 19.6 Å². The highest BCUT2D eigenvalue weighted by Gasteiger charge is 2.11. The van der Waals surface area contributed by atoms with Crippen molar-refractivity contribution >= 4 is 0 Å². The smallest absolute Gasteiger partial charge is 0.166 e. The van der Waals surface area contributed by atoms with E-state index in [1.54, 1.807) is 19.2 Å². The van der Waals surface area contributed by atoms with Crippen LogP contribution in [0.25, 0.3) is 0 Å². The highest BCUT2D eigenvalue weighted by Crippen LogP contribution is 2.31. The van der Waals surface area contributed by atoms with Crippen LogP contribution in [0.15, 0.2) is 72.8 Å². The molecule has 0 fully saturated rings. The van der Waals surface area contributed by atoms with Gasteiger partial charge in [-0.25, -0.2) is 4.39 Å². The van der Waals surface area contributed by atoms with E-state index in [0.717, 1.165) is 29.8 Å². The lowest BCUT2D eigenvalue weighted by Gasteiger charge is -2.16. The lowest BCUT2D eigenvalue weighted by Crippen LogP contribution is -2.17. The fourth-order valence-electron chi connectivity index (χ4n) is 2.86. The number of rotatable bonds is 9. The average Bonchev–Trinajstić information content (AvgIpc) is 2.72. The van der Waals surface area contributed by atoms with Gasteiger partial charge in [0, 0.05) is 12.1 Å². The minimum Gasteiger partial charge on any atom is -0.493 e. The monoisotopic (exact) mass is 365 g/mol. The van der Waals surface area contributed by atoms with Gasteiger partial charge in [-0.15, -0.1) is 0 Å². The van der Waals surface area contributed by atoms with Gasteiger partial charge in [-0.2, -0.15) is 0 Å². The number of para-hydroxylation sites is 1. The first-order valence-corrected chi connectivity index (χ1v) is 9.04. The largest absolute Gasteiger partial charge is 0.493 e. The molecule has 0 radical (unpaired) electrons. The fraction of sp³-hybridized carbons (Fsp3) is 0.217. The molecule has 0 heterocycles. The molecular formula is C23H24FNO2. The van der Waals surface area contributed by atoms with Crippen molar-refractivity contribution in [2.75, 3.05) is 13.7 Å². The Labute approximate surface area is 159 Å². The first-order valence-electron chi connectivity index (χ1n) is 9.04. The van der Waals surface area contributed by atoms with Crippen LogP contribution in [0.3, 0.4) is 0 Å². The zero-order valence-corrected chi connectivity index (χ0v) is 15.5. The molecular weight excluding hydrogens is 341 g/mol. The zero-order valence-electron chi connectivity index (χ0n) is 15.5. The first kappa shape index (κ1) is 18.9. The van der Waals surface area contributed by atoms with Gasteiger partial charge < -0.3 is 14.8 Å². The fourth-order valence-corrected chi connectivity index (χ4v) is 2.86. The van der Waals surface area contributed by atoms with Crippen LogP contribution in [0.2, 0.25) is 0 Å². The van der Waals surface area contributed by atoms with Gasteiger partial charge in [0.1, 0.15) is 12.4 Å². The van der Waals surface area contributed by atoms with Crippen LogP contribution in [0.1, 0.15) is 16.7 Å². The summed E-state index contributed by atoms with van der Waals surface area (Å²) in [7, 11) is 1.63. The van der Waals surface area contributed by atoms with Crippen molar-refractivity contribution in [1.29, 1.82) is 0 Å². The Hall–Kier alpha value is -2.85. The van der Waals surface area contributed by atoms with E-state index in [2.05, 4.69) is 29.6 Å². The maximum atomic E-state index is 13.1. The van der Waals surface area contributed by atoms with Crippen molar-refractivity contribution < 1.29 is 13.9 Å². The molecule has 3 aromatic rings. The Balaban J connectivity index is 1.61. The molecule has 0 atom stereocenters. The zero-order chi connectivity index (χ0) is 18.9. The second-order valence-corrected chi connectivity index (χ2v) is 6.28. The molecule has 0 unspecified atom stereocenters.